The van der Waals surface area contributed by atoms with Gasteiger partial charge in [0.15, 0.2) is 5.92 Å². The normalized spacial score (nSPS) is 9.82. The van der Waals surface area contributed by atoms with Gasteiger partial charge in [-0.1, -0.05) is 6.92 Å². The number of hydrogen-bond acceptors (Lipinski definition) is 0. The SMILES string of the molecule is CCC(F)(F)[C-](F)F.[CH2-]C.[Zn+2]. The van der Waals surface area contributed by atoms with E-state index in [1.165, 1.54) is 0 Å². The number of halogens is 4. The summed E-state index contributed by atoms with van der Waals surface area (Å²) in [5.41, 5.74) is 0. The van der Waals surface area contributed by atoms with Gasteiger partial charge < -0.3 is 15.7 Å². The molecular formula is C6H10F4Zn. The van der Waals surface area contributed by atoms with Crippen LogP contribution < -0.4 is 0 Å². The Balaban J connectivity index is -0.000000196. The maximum atomic E-state index is 11.5. The first-order valence-electron chi connectivity index (χ1n) is 2.77. The van der Waals surface area contributed by atoms with Crippen LogP contribution in [0.1, 0.15) is 20.3 Å². The molecule has 0 aromatic rings. The van der Waals surface area contributed by atoms with Gasteiger partial charge in [0.25, 0.3) is 0 Å². The van der Waals surface area contributed by atoms with Crippen molar-refractivity contribution < 1.29 is 37.0 Å². The second-order valence-corrected chi connectivity index (χ2v) is 1.32. The zero-order chi connectivity index (χ0) is 8.78. The Labute approximate surface area is 77.1 Å². The standard InChI is InChI=1S/C4H5F4.C2H5.Zn/c1-2-4(7,8)3(5)6;1-2;/h2H2,1H3;1H2,2H3;/q2*-1;+2. The zero-order valence-corrected chi connectivity index (χ0v) is 9.60. The van der Waals surface area contributed by atoms with E-state index >= 15 is 0 Å². The molecule has 0 unspecified atom stereocenters. The molecule has 0 fully saturated rings. The largest absolute Gasteiger partial charge is 2.00 e. The monoisotopic (exact) mass is 222 g/mol. The second-order valence-electron chi connectivity index (χ2n) is 1.32. The molecule has 0 saturated heterocycles. The third-order valence-corrected chi connectivity index (χ3v) is 0.721. The molecule has 0 nitrogen and oxygen atoms in total. The van der Waals surface area contributed by atoms with Crippen LogP contribution in [-0.4, -0.2) is 5.92 Å². The van der Waals surface area contributed by atoms with Crippen LogP contribution in [0.5, 0.6) is 0 Å². The van der Waals surface area contributed by atoms with Gasteiger partial charge in [-0.15, -0.1) is 0 Å². The smallest absolute Gasteiger partial charge is 0.415 e. The molecule has 0 rings (SSSR count). The van der Waals surface area contributed by atoms with Crippen LogP contribution >= 0.6 is 0 Å². The van der Waals surface area contributed by atoms with Gasteiger partial charge in [-0.05, 0) is 6.42 Å². The van der Waals surface area contributed by atoms with Crippen molar-refractivity contribution in [3.8, 4) is 0 Å². The fourth-order valence-corrected chi connectivity index (χ4v) is 0.134. The van der Waals surface area contributed by atoms with Gasteiger partial charge in [-0.25, -0.2) is 8.78 Å². The van der Waals surface area contributed by atoms with Gasteiger partial charge in [-0.2, -0.15) is 6.92 Å². The Bertz CT molecular complexity index is 75.0. The molecule has 0 atom stereocenters. The molecule has 0 heterocycles. The number of rotatable bonds is 2. The van der Waals surface area contributed by atoms with Crippen LogP contribution in [0.2, 0.25) is 0 Å². The van der Waals surface area contributed by atoms with Crippen LogP contribution in [0.25, 0.3) is 0 Å². The fraction of sp³-hybridized carbons (Fsp3) is 0.667. The molecule has 0 bridgehead atoms. The molecule has 0 spiro atoms. The van der Waals surface area contributed by atoms with E-state index < -0.39 is 18.8 Å². The van der Waals surface area contributed by atoms with Crippen molar-refractivity contribution in [1.29, 1.82) is 0 Å². The van der Waals surface area contributed by atoms with E-state index in [9.17, 15) is 17.6 Å². The van der Waals surface area contributed by atoms with E-state index in [1.807, 2.05) is 0 Å². The molecule has 0 aliphatic heterocycles. The average molecular weight is 224 g/mol. The first-order valence-corrected chi connectivity index (χ1v) is 2.77. The Morgan fingerprint density at radius 2 is 1.55 bits per heavy atom. The van der Waals surface area contributed by atoms with Gasteiger partial charge in [0.05, 0.1) is 6.43 Å². The maximum Gasteiger partial charge on any atom is 2.00 e. The number of alkyl halides is 2. The minimum absolute atomic E-state index is 0. The van der Waals surface area contributed by atoms with E-state index in [0.717, 1.165) is 6.92 Å². The molecule has 0 amide bonds. The molecule has 0 aliphatic rings. The quantitative estimate of drug-likeness (QED) is 0.383. The predicted octanol–water partition coefficient (Wildman–Crippen LogP) is 3.30. The summed E-state index contributed by atoms with van der Waals surface area (Å²) >= 11 is 0. The van der Waals surface area contributed by atoms with E-state index in [4.69, 9.17) is 0 Å². The summed E-state index contributed by atoms with van der Waals surface area (Å²) in [7, 11) is 0. The van der Waals surface area contributed by atoms with Crippen molar-refractivity contribution in [3.63, 3.8) is 0 Å². The van der Waals surface area contributed by atoms with E-state index in [0.29, 0.717) is 0 Å². The molecule has 0 aromatic carbocycles. The van der Waals surface area contributed by atoms with Crippen molar-refractivity contribution in [1.82, 2.24) is 0 Å². The molecule has 0 radical (unpaired) electrons. The van der Waals surface area contributed by atoms with Crippen molar-refractivity contribution in [2.24, 2.45) is 0 Å². The van der Waals surface area contributed by atoms with Crippen LogP contribution in [0.15, 0.2) is 0 Å². The molecule has 0 aromatic heterocycles. The summed E-state index contributed by atoms with van der Waals surface area (Å²) < 4.78 is 44.9. The van der Waals surface area contributed by atoms with E-state index in [1.54, 1.807) is 6.92 Å². The minimum Gasteiger partial charge on any atom is -0.415 e. The van der Waals surface area contributed by atoms with Crippen LogP contribution in [0.4, 0.5) is 17.6 Å². The minimum atomic E-state index is -3.88. The van der Waals surface area contributed by atoms with Gasteiger partial charge in [0.1, 0.15) is 0 Å². The molecular weight excluding hydrogens is 213 g/mol. The van der Waals surface area contributed by atoms with Crippen molar-refractivity contribution >= 4 is 0 Å². The number of hydrogen-bond donors (Lipinski definition) is 0. The van der Waals surface area contributed by atoms with Crippen molar-refractivity contribution in [2.45, 2.75) is 26.2 Å². The summed E-state index contributed by atoms with van der Waals surface area (Å²) in [5, 5.41) is 0. The average Bonchev–Trinajstić information content (AvgIpc) is 1.92. The van der Waals surface area contributed by atoms with Gasteiger partial charge in [0.2, 0.25) is 0 Å². The molecule has 64 valence electrons. The first-order chi connectivity index (χ1) is 4.50. The van der Waals surface area contributed by atoms with Crippen molar-refractivity contribution in [3.05, 3.63) is 13.3 Å². The van der Waals surface area contributed by atoms with Crippen LogP contribution in [0, 0.1) is 13.3 Å². The molecule has 0 aliphatic carbocycles. The second kappa shape index (κ2) is 8.44. The summed E-state index contributed by atoms with van der Waals surface area (Å²) in [6.45, 7) is 6.00. The Hall–Kier alpha value is 0.343. The maximum absolute atomic E-state index is 11.5. The summed E-state index contributed by atoms with van der Waals surface area (Å²) in [6, 6.07) is 0. The zero-order valence-electron chi connectivity index (χ0n) is 6.63. The van der Waals surface area contributed by atoms with Crippen LogP contribution in [-0.2, 0) is 19.5 Å². The molecule has 5 heteroatoms. The Morgan fingerprint density at radius 3 is 1.55 bits per heavy atom. The first kappa shape index (κ1) is 17.4. The predicted molar refractivity (Wildman–Crippen MR) is 31.7 cm³/mol. The molecule has 0 N–H and O–H groups in total. The summed E-state index contributed by atoms with van der Waals surface area (Å²) in [6.07, 6.45) is -3.64. The topological polar surface area (TPSA) is 0 Å². The summed E-state index contributed by atoms with van der Waals surface area (Å²) in [4.78, 5) is 0. The Kier molecular flexibility index (Phi) is 13.4. The third kappa shape index (κ3) is 8.25. The third-order valence-electron chi connectivity index (χ3n) is 0.721. The van der Waals surface area contributed by atoms with Crippen LogP contribution in [0.3, 0.4) is 0 Å². The van der Waals surface area contributed by atoms with Gasteiger partial charge in [0, 0.05) is 0 Å². The van der Waals surface area contributed by atoms with E-state index in [2.05, 4.69) is 6.92 Å². The Morgan fingerprint density at radius 1 is 1.27 bits per heavy atom. The van der Waals surface area contributed by atoms with E-state index in [-0.39, 0.29) is 19.5 Å². The van der Waals surface area contributed by atoms with Crippen molar-refractivity contribution in [2.75, 3.05) is 0 Å². The molecule has 0 saturated carbocycles. The summed E-state index contributed by atoms with van der Waals surface area (Å²) in [5.74, 6) is -3.88. The molecule has 11 heavy (non-hydrogen) atoms. The van der Waals surface area contributed by atoms with Gasteiger partial charge in [-0.3, -0.25) is 0 Å². The van der Waals surface area contributed by atoms with Gasteiger partial charge >= 0.3 is 19.5 Å². The fourth-order valence-electron chi connectivity index (χ4n) is 0.134.